The van der Waals surface area contributed by atoms with Crippen molar-refractivity contribution in [2.45, 2.75) is 13.0 Å². The second kappa shape index (κ2) is 6.98. The van der Waals surface area contributed by atoms with E-state index in [0.29, 0.717) is 21.1 Å². The number of carbonyl (C=O) groups is 2. The molecule has 1 aliphatic heterocycles. The van der Waals surface area contributed by atoms with Crippen LogP contribution in [0.1, 0.15) is 11.8 Å². The Morgan fingerprint density at radius 2 is 2.40 bits per heavy atom. The Bertz CT molecular complexity index is 839. The van der Waals surface area contributed by atoms with Gasteiger partial charge in [0.1, 0.15) is 16.9 Å². The van der Waals surface area contributed by atoms with E-state index in [4.69, 9.17) is 10.1 Å². The van der Waals surface area contributed by atoms with Gasteiger partial charge in [-0.05, 0) is 18.2 Å². The third-order valence-electron chi connectivity index (χ3n) is 3.61. The maximum absolute atomic E-state index is 14.5. The van der Waals surface area contributed by atoms with Crippen molar-refractivity contribution < 1.29 is 18.7 Å². The molecule has 2 heterocycles. The van der Waals surface area contributed by atoms with Crippen LogP contribution in [0.3, 0.4) is 0 Å². The number of amides is 2. The second-order valence-corrected chi connectivity index (χ2v) is 6.49. The SMILES string of the molecule is CC(=O)NC[C@H]1CN(c2ccc(-c3ncc(C=N)s3)c(F)c2)C(=O)O1. The molecule has 0 unspecified atom stereocenters. The molecule has 2 aromatic rings. The highest BCUT2D eigenvalue weighted by Gasteiger charge is 2.32. The Labute approximate surface area is 146 Å². The smallest absolute Gasteiger partial charge is 0.414 e. The van der Waals surface area contributed by atoms with Gasteiger partial charge >= 0.3 is 6.09 Å². The fraction of sp³-hybridized carbons (Fsp3) is 0.250. The summed E-state index contributed by atoms with van der Waals surface area (Å²) in [6.45, 7) is 1.82. The zero-order chi connectivity index (χ0) is 18.0. The minimum atomic E-state index is -0.581. The van der Waals surface area contributed by atoms with Gasteiger partial charge in [0, 0.05) is 24.9 Å². The molecule has 0 spiro atoms. The van der Waals surface area contributed by atoms with Crippen molar-refractivity contribution in [3.05, 3.63) is 35.1 Å². The van der Waals surface area contributed by atoms with Crippen LogP contribution in [0.2, 0.25) is 0 Å². The highest BCUT2D eigenvalue weighted by atomic mass is 32.1. The number of nitrogens with one attached hydrogen (secondary N) is 2. The lowest BCUT2D eigenvalue weighted by atomic mass is 10.2. The maximum atomic E-state index is 14.5. The van der Waals surface area contributed by atoms with E-state index in [9.17, 15) is 14.0 Å². The van der Waals surface area contributed by atoms with Crippen molar-refractivity contribution in [3.63, 3.8) is 0 Å². The quantitative estimate of drug-likeness (QED) is 0.799. The van der Waals surface area contributed by atoms with E-state index < -0.39 is 18.0 Å². The Balaban J connectivity index is 1.77. The van der Waals surface area contributed by atoms with E-state index in [0.717, 1.165) is 6.21 Å². The Hall–Kier alpha value is -2.81. The van der Waals surface area contributed by atoms with Crippen LogP contribution in [-0.2, 0) is 9.53 Å². The largest absolute Gasteiger partial charge is 0.442 e. The van der Waals surface area contributed by atoms with Gasteiger partial charge in [-0.1, -0.05) is 0 Å². The third-order valence-corrected chi connectivity index (χ3v) is 4.59. The van der Waals surface area contributed by atoms with E-state index >= 15 is 0 Å². The summed E-state index contributed by atoms with van der Waals surface area (Å²) in [5, 5.41) is 10.2. The monoisotopic (exact) mass is 362 g/mol. The first-order valence-electron chi connectivity index (χ1n) is 7.46. The van der Waals surface area contributed by atoms with Crippen LogP contribution >= 0.6 is 11.3 Å². The number of benzene rings is 1. The Kier molecular flexibility index (Phi) is 4.75. The van der Waals surface area contributed by atoms with Gasteiger partial charge in [-0.25, -0.2) is 14.2 Å². The summed E-state index contributed by atoms with van der Waals surface area (Å²) >= 11 is 1.21. The van der Waals surface area contributed by atoms with Crippen molar-refractivity contribution in [3.8, 4) is 10.6 Å². The molecule has 1 aliphatic rings. The summed E-state index contributed by atoms with van der Waals surface area (Å²) in [7, 11) is 0. The lowest BCUT2D eigenvalue weighted by Crippen LogP contribution is -2.33. The molecular formula is C16H15FN4O3S. The summed E-state index contributed by atoms with van der Waals surface area (Å²) in [5.74, 6) is -0.723. The number of ether oxygens (including phenoxy) is 1. The molecule has 9 heteroatoms. The predicted molar refractivity (Wildman–Crippen MR) is 91.7 cm³/mol. The van der Waals surface area contributed by atoms with Crippen LogP contribution < -0.4 is 10.2 Å². The molecule has 0 aliphatic carbocycles. The molecule has 0 saturated carbocycles. The molecule has 2 amide bonds. The highest BCUT2D eigenvalue weighted by Crippen LogP contribution is 2.31. The van der Waals surface area contributed by atoms with Crippen molar-refractivity contribution >= 4 is 35.2 Å². The summed E-state index contributed by atoms with van der Waals surface area (Å²) < 4.78 is 19.6. The first kappa shape index (κ1) is 17.0. The first-order chi connectivity index (χ1) is 12.0. The Morgan fingerprint density at radius 3 is 3.04 bits per heavy atom. The highest BCUT2D eigenvalue weighted by molar-refractivity contribution is 7.16. The van der Waals surface area contributed by atoms with Crippen LogP contribution in [0.4, 0.5) is 14.9 Å². The fourth-order valence-corrected chi connectivity index (χ4v) is 3.19. The minimum absolute atomic E-state index is 0.211. The summed E-state index contributed by atoms with van der Waals surface area (Å²) in [6, 6.07) is 4.42. The zero-order valence-corrected chi connectivity index (χ0v) is 14.1. The number of cyclic esters (lactones) is 1. The van der Waals surface area contributed by atoms with Crippen LogP contribution in [0.5, 0.6) is 0 Å². The van der Waals surface area contributed by atoms with Gasteiger partial charge in [0.15, 0.2) is 0 Å². The van der Waals surface area contributed by atoms with Crippen molar-refractivity contribution in [2.24, 2.45) is 0 Å². The van der Waals surface area contributed by atoms with E-state index in [2.05, 4.69) is 10.3 Å². The molecule has 1 aromatic heterocycles. The van der Waals surface area contributed by atoms with Gasteiger partial charge in [-0.15, -0.1) is 11.3 Å². The number of carbonyl (C=O) groups excluding carboxylic acids is 2. The topological polar surface area (TPSA) is 95.4 Å². The number of hydrogen-bond donors (Lipinski definition) is 2. The number of nitrogens with zero attached hydrogens (tertiary/aromatic N) is 2. The van der Waals surface area contributed by atoms with Crippen LogP contribution in [0.15, 0.2) is 24.4 Å². The van der Waals surface area contributed by atoms with E-state index in [1.807, 2.05) is 0 Å². The van der Waals surface area contributed by atoms with Crippen LogP contribution in [-0.4, -0.2) is 42.4 Å². The lowest BCUT2D eigenvalue weighted by molar-refractivity contribution is -0.119. The lowest BCUT2D eigenvalue weighted by Gasteiger charge is -2.14. The maximum Gasteiger partial charge on any atom is 0.414 e. The number of hydrogen-bond acceptors (Lipinski definition) is 6. The summed E-state index contributed by atoms with van der Waals surface area (Å²) in [5.41, 5.74) is 0.685. The average molecular weight is 362 g/mol. The number of rotatable bonds is 5. The van der Waals surface area contributed by atoms with Gasteiger partial charge in [-0.2, -0.15) is 0 Å². The second-order valence-electron chi connectivity index (χ2n) is 5.43. The molecule has 130 valence electrons. The number of aromatic nitrogens is 1. The van der Waals surface area contributed by atoms with Crippen molar-refractivity contribution in [1.29, 1.82) is 5.41 Å². The normalized spacial score (nSPS) is 16.6. The van der Waals surface area contributed by atoms with Gasteiger partial charge in [0.25, 0.3) is 0 Å². The first-order valence-corrected chi connectivity index (χ1v) is 8.28. The molecule has 1 atom stereocenters. The van der Waals surface area contributed by atoms with Gasteiger partial charge in [0.2, 0.25) is 5.91 Å². The van der Waals surface area contributed by atoms with Crippen LogP contribution in [0.25, 0.3) is 10.6 Å². The zero-order valence-electron chi connectivity index (χ0n) is 13.3. The molecule has 0 radical (unpaired) electrons. The average Bonchev–Trinajstić information content (AvgIpc) is 3.19. The molecule has 1 fully saturated rings. The fourth-order valence-electron chi connectivity index (χ4n) is 2.42. The predicted octanol–water partition coefficient (Wildman–Crippen LogP) is 2.41. The molecule has 7 nitrogen and oxygen atoms in total. The van der Waals surface area contributed by atoms with E-state index in [1.54, 1.807) is 12.1 Å². The minimum Gasteiger partial charge on any atom is -0.442 e. The summed E-state index contributed by atoms with van der Waals surface area (Å²) in [4.78, 5) is 29.0. The number of thiazole rings is 1. The standard InChI is InChI=1S/C16H15FN4O3S/c1-9(22)19-6-11-8-21(16(23)24-11)10-2-3-13(14(17)4-10)15-20-7-12(5-18)25-15/h2-5,7,11,18H,6,8H2,1H3,(H,19,22)/t11-/m0/s1. The number of anilines is 1. The van der Waals surface area contributed by atoms with Crippen molar-refractivity contribution in [1.82, 2.24) is 10.3 Å². The number of halogens is 1. The van der Waals surface area contributed by atoms with E-state index in [-0.39, 0.29) is 19.0 Å². The van der Waals surface area contributed by atoms with Crippen molar-refractivity contribution in [2.75, 3.05) is 18.0 Å². The Morgan fingerprint density at radius 1 is 1.60 bits per heavy atom. The van der Waals surface area contributed by atoms with Gasteiger partial charge < -0.3 is 15.5 Å². The molecular weight excluding hydrogens is 347 g/mol. The molecule has 2 N–H and O–H groups in total. The third kappa shape index (κ3) is 3.66. The molecule has 0 bridgehead atoms. The molecule has 1 aromatic carbocycles. The summed E-state index contributed by atoms with van der Waals surface area (Å²) in [6.07, 6.45) is 1.60. The molecule has 3 rings (SSSR count). The molecule has 25 heavy (non-hydrogen) atoms. The van der Waals surface area contributed by atoms with Gasteiger partial charge in [-0.3, -0.25) is 9.69 Å². The van der Waals surface area contributed by atoms with Crippen LogP contribution in [0, 0.1) is 11.2 Å². The molecule has 1 saturated heterocycles. The van der Waals surface area contributed by atoms with Gasteiger partial charge in [0.05, 0.1) is 23.7 Å². The van der Waals surface area contributed by atoms with E-state index in [1.165, 1.54) is 35.4 Å².